The van der Waals surface area contributed by atoms with Gasteiger partial charge < -0.3 is 4.74 Å². The molecular formula is C24H23ClO2. The molecule has 0 aromatic heterocycles. The highest BCUT2D eigenvalue weighted by Gasteiger charge is 2.33. The first-order valence-electron chi connectivity index (χ1n) is 9.57. The quantitative estimate of drug-likeness (QED) is 0.602. The van der Waals surface area contributed by atoms with Gasteiger partial charge in [-0.05, 0) is 78.1 Å². The SMILES string of the molecule is CC=CC1=Cc2ccc3c(c2C(C(=O)OCC)C1)CCc1c(Cl)cccc1-3. The number of allylic oxidation sites excluding steroid dienone is 3. The van der Waals surface area contributed by atoms with Gasteiger partial charge in [-0.2, -0.15) is 0 Å². The smallest absolute Gasteiger partial charge is 0.313 e. The Kier molecular flexibility index (Phi) is 4.92. The molecule has 0 fully saturated rings. The molecule has 2 aliphatic rings. The highest BCUT2D eigenvalue weighted by atomic mass is 35.5. The fraction of sp³-hybridized carbons (Fsp3) is 0.292. The maximum Gasteiger partial charge on any atom is 0.313 e. The molecule has 2 aromatic rings. The third kappa shape index (κ3) is 3.12. The van der Waals surface area contributed by atoms with E-state index in [1.54, 1.807) is 0 Å². The summed E-state index contributed by atoms with van der Waals surface area (Å²) in [4.78, 5) is 12.8. The second kappa shape index (κ2) is 7.36. The van der Waals surface area contributed by atoms with Crippen molar-refractivity contribution in [2.45, 2.75) is 39.0 Å². The van der Waals surface area contributed by atoms with Gasteiger partial charge in [0.15, 0.2) is 0 Å². The number of esters is 1. The van der Waals surface area contributed by atoms with Crippen LogP contribution in [-0.4, -0.2) is 12.6 Å². The van der Waals surface area contributed by atoms with Gasteiger partial charge in [-0.3, -0.25) is 4.79 Å². The molecule has 0 spiro atoms. The van der Waals surface area contributed by atoms with E-state index >= 15 is 0 Å². The van der Waals surface area contributed by atoms with E-state index in [1.807, 2.05) is 32.1 Å². The molecule has 27 heavy (non-hydrogen) atoms. The van der Waals surface area contributed by atoms with Gasteiger partial charge in [-0.1, -0.05) is 54.1 Å². The normalized spacial score (nSPS) is 17.7. The van der Waals surface area contributed by atoms with Gasteiger partial charge in [-0.25, -0.2) is 0 Å². The van der Waals surface area contributed by atoms with E-state index in [-0.39, 0.29) is 11.9 Å². The molecule has 0 saturated heterocycles. The summed E-state index contributed by atoms with van der Waals surface area (Å²) in [5.74, 6) is -0.369. The van der Waals surface area contributed by atoms with Crippen LogP contribution in [0.5, 0.6) is 0 Å². The van der Waals surface area contributed by atoms with Crippen molar-refractivity contribution in [2.75, 3.05) is 6.61 Å². The number of fused-ring (bicyclic) bond motifs is 5. The molecule has 0 saturated carbocycles. The molecule has 0 radical (unpaired) electrons. The lowest BCUT2D eigenvalue weighted by molar-refractivity contribution is -0.145. The molecular weight excluding hydrogens is 356 g/mol. The Morgan fingerprint density at radius 3 is 2.74 bits per heavy atom. The summed E-state index contributed by atoms with van der Waals surface area (Å²) in [6.45, 7) is 4.27. The molecule has 0 bridgehead atoms. The molecule has 0 amide bonds. The Morgan fingerprint density at radius 1 is 1.19 bits per heavy atom. The summed E-state index contributed by atoms with van der Waals surface area (Å²) in [7, 11) is 0. The van der Waals surface area contributed by atoms with Crippen molar-refractivity contribution >= 4 is 23.6 Å². The third-order valence-corrected chi connectivity index (χ3v) is 5.86. The molecule has 138 valence electrons. The summed E-state index contributed by atoms with van der Waals surface area (Å²) >= 11 is 6.44. The molecule has 2 aliphatic carbocycles. The van der Waals surface area contributed by atoms with E-state index in [0.717, 1.165) is 29.0 Å². The van der Waals surface area contributed by atoms with Gasteiger partial charge in [-0.15, -0.1) is 0 Å². The molecule has 3 heteroatoms. The van der Waals surface area contributed by atoms with Gasteiger partial charge >= 0.3 is 5.97 Å². The first-order chi connectivity index (χ1) is 13.1. The number of hydrogen-bond acceptors (Lipinski definition) is 2. The zero-order chi connectivity index (χ0) is 19.0. The van der Waals surface area contributed by atoms with Gasteiger partial charge in [0.05, 0.1) is 12.5 Å². The van der Waals surface area contributed by atoms with Crippen LogP contribution in [0, 0.1) is 0 Å². The molecule has 4 rings (SSSR count). The number of hydrogen-bond donors (Lipinski definition) is 0. The largest absolute Gasteiger partial charge is 0.466 e. The fourth-order valence-corrected chi connectivity index (χ4v) is 4.70. The number of rotatable bonds is 3. The topological polar surface area (TPSA) is 26.3 Å². The van der Waals surface area contributed by atoms with E-state index in [2.05, 4.69) is 30.4 Å². The average molecular weight is 379 g/mol. The molecule has 0 heterocycles. The number of halogens is 1. The Morgan fingerprint density at radius 2 is 1.96 bits per heavy atom. The van der Waals surface area contributed by atoms with Crippen LogP contribution < -0.4 is 0 Å². The van der Waals surface area contributed by atoms with Crippen LogP contribution in [-0.2, 0) is 22.4 Å². The van der Waals surface area contributed by atoms with Crippen molar-refractivity contribution in [3.8, 4) is 11.1 Å². The number of ether oxygens (including phenoxy) is 1. The summed E-state index contributed by atoms with van der Waals surface area (Å²) in [6, 6.07) is 10.4. The summed E-state index contributed by atoms with van der Waals surface area (Å²) in [5.41, 5.74) is 8.33. The highest BCUT2D eigenvalue weighted by Crippen LogP contribution is 2.45. The zero-order valence-corrected chi connectivity index (χ0v) is 16.5. The van der Waals surface area contributed by atoms with Crippen molar-refractivity contribution in [2.24, 2.45) is 0 Å². The maximum absolute atomic E-state index is 12.8. The fourth-order valence-electron chi connectivity index (χ4n) is 4.43. The Balaban J connectivity index is 1.91. The van der Waals surface area contributed by atoms with Crippen molar-refractivity contribution < 1.29 is 9.53 Å². The first kappa shape index (κ1) is 18.1. The van der Waals surface area contributed by atoms with E-state index < -0.39 is 0 Å². The van der Waals surface area contributed by atoms with Crippen molar-refractivity contribution in [1.82, 2.24) is 0 Å². The monoisotopic (exact) mass is 378 g/mol. The second-order valence-corrected chi connectivity index (χ2v) is 7.50. The lowest BCUT2D eigenvalue weighted by Gasteiger charge is -2.30. The van der Waals surface area contributed by atoms with Crippen LogP contribution in [0.3, 0.4) is 0 Å². The summed E-state index contributed by atoms with van der Waals surface area (Å²) in [6.07, 6.45) is 8.81. The molecule has 2 aromatic carbocycles. The van der Waals surface area contributed by atoms with Gasteiger partial charge in [0.25, 0.3) is 0 Å². The van der Waals surface area contributed by atoms with Crippen LogP contribution in [0.2, 0.25) is 5.02 Å². The minimum atomic E-state index is -0.244. The van der Waals surface area contributed by atoms with E-state index in [4.69, 9.17) is 16.3 Å². The lowest BCUT2D eigenvalue weighted by Crippen LogP contribution is -2.22. The summed E-state index contributed by atoms with van der Waals surface area (Å²) in [5, 5.41) is 0.827. The standard InChI is InChI=1S/C24H23ClO2/c1-3-6-15-13-16-9-10-18-17-7-5-8-22(25)19(17)11-12-20(18)23(16)21(14-15)24(26)27-4-2/h3,5-10,13,21H,4,11-12,14H2,1-2H3. The minimum Gasteiger partial charge on any atom is -0.466 e. The zero-order valence-electron chi connectivity index (χ0n) is 15.7. The second-order valence-electron chi connectivity index (χ2n) is 7.09. The van der Waals surface area contributed by atoms with E-state index in [0.29, 0.717) is 13.0 Å². The predicted octanol–water partition coefficient (Wildman–Crippen LogP) is 6.12. The van der Waals surface area contributed by atoms with Crippen LogP contribution in [0.4, 0.5) is 0 Å². The van der Waals surface area contributed by atoms with Crippen molar-refractivity contribution in [3.63, 3.8) is 0 Å². The first-order valence-corrected chi connectivity index (χ1v) is 9.95. The Bertz CT molecular complexity index is 969. The van der Waals surface area contributed by atoms with Crippen molar-refractivity contribution in [3.05, 3.63) is 75.3 Å². The van der Waals surface area contributed by atoms with E-state index in [1.165, 1.54) is 27.8 Å². The van der Waals surface area contributed by atoms with Crippen molar-refractivity contribution in [1.29, 1.82) is 0 Å². The van der Waals surface area contributed by atoms with E-state index in [9.17, 15) is 4.79 Å². The number of carbonyl (C=O) groups excluding carboxylic acids is 1. The lowest BCUT2D eigenvalue weighted by atomic mass is 9.74. The molecule has 2 nitrogen and oxygen atoms in total. The van der Waals surface area contributed by atoms with Crippen LogP contribution in [0.25, 0.3) is 17.2 Å². The van der Waals surface area contributed by atoms with Crippen LogP contribution in [0.15, 0.2) is 48.1 Å². The molecule has 0 N–H and O–H groups in total. The summed E-state index contributed by atoms with van der Waals surface area (Å²) < 4.78 is 5.43. The third-order valence-electron chi connectivity index (χ3n) is 5.51. The van der Waals surface area contributed by atoms with Crippen LogP contribution >= 0.6 is 11.6 Å². The van der Waals surface area contributed by atoms with Gasteiger partial charge in [0, 0.05) is 5.02 Å². The highest BCUT2D eigenvalue weighted by molar-refractivity contribution is 6.31. The average Bonchev–Trinajstić information content (AvgIpc) is 2.67. The van der Waals surface area contributed by atoms with Crippen LogP contribution in [0.1, 0.15) is 48.4 Å². The molecule has 1 atom stereocenters. The Labute approximate surface area is 165 Å². The molecule has 1 unspecified atom stereocenters. The Hall–Kier alpha value is -2.32. The van der Waals surface area contributed by atoms with Gasteiger partial charge in [0.1, 0.15) is 0 Å². The predicted molar refractivity (Wildman–Crippen MR) is 111 cm³/mol. The maximum atomic E-state index is 12.8. The van der Waals surface area contributed by atoms with Gasteiger partial charge in [0.2, 0.25) is 0 Å². The number of carbonyl (C=O) groups is 1. The minimum absolute atomic E-state index is 0.126. The molecule has 0 aliphatic heterocycles. The number of benzene rings is 2.